The summed E-state index contributed by atoms with van der Waals surface area (Å²) in [7, 11) is 2.19. The fourth-order valence-corrected chi connectivity index (χ4v) is 2.85. The number of allylic oxidation sites excluding steroid dienone is 1. The van der Waals surface area contributed by atoms with Crippen molar-refractivity contribution in [2.45, 2.75) is 59.7 Å². The lowest BCUT2D eigenvalue weighted by molar-refractivity contribution is 0.585. The summed E-state index contributed by atoms with van der Waals surface area (Å²) in [6, 6.07) is 5.21. The molecular formula is C18H28N2. The molecule has 0 aromatic heterocycles. The predicted octanol–water partition coefficient (Wildman–Crippen LogP) is 4.12. The molecule has 1 aromatic carbocycles. The molecule has 2 heteroatoms. The van der Waals surface area contributed by atoms with Crippen LogP contribution in [-0.2, 0) is 6.54 Å². The number of likely N-dealkylation sites (N-methyl/N-ethyl adjacent to an activating group) is 1. The standard InChI is InChI=1S/C18H28N2/c1-12(2)19-11-15-9-16-14(4)10-18(5,6)20(7)17(16)8-13(15)3/h8-10,12,19H,11H2,1-7H3. The fourth-order valence-electron chi connectivity index (χ4n) is 2.85. The van der Waals surface area contributed by atoms with Gasteiger partial charge >= 0.3 is 0 Å². The van der Waals surface area contributed by atoms with Crippen LogP contribution in [0.2, 0.25) is 0 Å². The van der Waals surface area contributed by atoms with E-state index in [1.807, 2.05) is 0 Å². The Hall–Kier alpha value is -1.28. The van der Waals surface area contributed by atoms with E-state index in [0.29, 0.717) is 6.04 Å². The minimum absolute atomic E-state index is 0.0845. The highest BCUT2D eigenvalue weighted by Crippen LogP contribution is 2.39. The number of rotatable bonds is 3. The van der Waals surface area contributed by atoms with Crippen LogP contribution in [0, 0.1) is 6.92 Å². The highest BCUT2D eigenvalue weighted by Gasteiger charge is 2.28. The second kappa shape index (κ2) is 5.25. The van der Waals surface area contributed by atoms with E-state index in [1.165, 1.54) is 28.0 Å². The number of anilines is 1. The van der Waals surface area contributed by atoms with Gasteiger partial charge in [-0.15, -0.1) is 0 Å². The molecule has 0 spiro atoms. The normalized spacial score (nSPS) is 17.2. The van der Waals surface area contributed by atoms with Crippen LogP contribution in [-0.4, -0.2) is 18.6 Å². The Balaban J connectivity index is 2.44. The zero-order valence-electron chi connectivity index (χ0n) is 14.0. The number of benzene rings is 1. The number of nitrogens with one attached hydrogen (secondary N) is 1. The molecule has 0 bridgehead atoms. The summed E-state index contributed by atoms with van der Waals surface area (Å²) >= 11 is 0. The van der Waals surface area contributed by atoms with Crippen molar-refractivity contribution in [3.8, 4) is 0 Å². The molecule has 1 heterocycles. The van der Waals surface area contributed by atoms with Crippen molar-refractivity contribution in [3.05, 3.63) is 34.9 Å². The van der Waals surface area contributed by atoms with Crippen molar-refractivity contribution in [1.82, 2.24) is 5.32 Å². The van der Waals surface area contributed by atoms with Gasteiger partial charge in [0.25, 0.3) is 0 Å². The average Bonchev–Trinajstić information content (AvgIpc) is 2.33. The first-order valence-corrected chi connectivity index (χ1v) is 7.53. The lowest BCUT2D eigenvalue weighted by Gasteiger charge is -2.41. The van der Waals surface area contributed by atoms with Gasteiger partial charge in [0.1, 0.15) is 0 Å². The molecule has 110 valence electrons. The first-order valence-electron chi connectivity index (χ1n) is 7.53. The molecule has 0 fully saturated rings. The fraction of sp³-hybridized carbons (Fsp3) is 0.556. The molecule has 0 unspecified atom stereocenters. The molecule has 0 radical (unpaired) electrons. The van der Waals surface area contributed by atoms with Gasteiger partial charge in [-0.3, -0.25) is 0 Å². The zero-order chi connectivity index (χ0) is 15.1. The minimum atomic E-state index is 0.0845. The third kappa shape index (κ3) is 2.76. The summed E-state index contributed by atoms with van der Waals surface area (Å²) in [4.78, 5) is 2.38. The second-order valence-electron chi connectivity index (χ2n) is 6.87. The number of fused-ring (bicyclic) bond motifs is 1. The van der Waals surface area contributed by atoms with Gasteiger partial charge in [-0.2, -0.15) is 0 Å². The number of nitrogens with zero attached hydrogens (tertiary/aromatic N) is 1. The lowest BCUT2D eigenvalue weighted by Crippen LogP contribution is -2.42. The molecule has 20 heavy (non-hydrogen) atoms. The first kappa shape index (κ1) is 15.1. The molecule has 0 saturated carbocycles. The van der Waals surface area contributed by atoms with Gasteiger partial charge < -0.3 is 10.2 Å². The van der Waals surface area contributed by atoms with Gasteiger partial charge in [0.15, 0.2) is 0 Å². The van der Waals surface area contributed by atoms with Gasteiger partial charge in [0.2, 0.25) is 0 Å². The minimum Gasteiger partial charge on any atom is -0.365 e. The molecule has 0 aliphatic carbocycles. The second-order valence-corrected chi connectivity index (χ2v) is 6.87. The van der Waals surface area contributed by atoms with Gasteiger partial charge in [-0.1, -0.05) is 19.9 Å². The van der Waals surface area contributed by atoms with Crippen molar-refractivity contribution in [3.63, 3.8) is 0 Å². The van der Waals surface area contributed by atoms with Crippen molar-refractivity contribution >= 4 is 11.3 Å². The van der Waals surface area contributed by atoms with Crippen LogP contribution in [0.25, 0.3) is 5.57 Å². The Morgan fingerprint density at radius 3 is 2.45 bits per heavy atom. The molecule has 1 N–H and O–H groups in total. The SMILES string of the molecule is CC1=CC(C)(C)N(C)c2cc(C)c(CNC(C)C)cc21. The van der Waals surface area contributed by atoms with E-state index in [0.717, 1.165) is 6.54 Å². The number of hydrogen-bond acceptors (Lipinski definition) is 2. The summed E-state index contributed by atoms with van der Waals surface area (Å²) in [5, 5.41) is 3.52. The van der Waals surface area contributed by atoms with E-state index >= 15 is 0 Å². The molecule has 1 aromatic rings. The van der Waals surface area contributed by atoms with Crippen LogP contribution in [0.4, 0.5) is 5.69 Å². The Bertz CT molecular complexity index is 539. The van der Waals surface area contributed by atoms with E-state index in [-0.39, 0.29) is 5.54 Å². The molecule has 1 aliphatic rings. The van der Waals surface area contributed by atoms with Crippen molar-refractivity contribution in [2.75, 3.05) is 11.9 Å². The predicted molar refractivity (Wildman–Crippen MR) is 89.3 cm³/mol. The Morgan fingerprint density at radius 1 is 1.20 bits per heavy atom. The third-order valence-electron chi connectivity index (χ3n) is 4.38. The zero-order valence-corrected chi connectivity index (χ0v) is 14.0. The molecule has 1 aliphatic heterocycles. The maximum atomic E-state index is 3.52. The molecule has 0 atom stereocenters. The van der Waals surface area contributed by atoms with Gasteiger partial charge in [0.05, 0.1) is 5.54 Å². The summed E-state index contributed by atoms with van der Waals surface area (Å²) in [5.41, 5.74) is 6.96. The van der Waals surface area contributed by atoms with E-state index in [1.54, 1.807) is 0 Å². The molecular weight excluding hydrogens is 244 g/mol. The smallest absolute Gasteiger partial charge is 0.0531 e. The van der Waals surface area contributed by atoms with Gasteiger partial charge in [-0.25, -0.2) is 0 Å². The van der Waals surface area contributed by atoms with E-state index in [2.05, 4.69) is 77.0 Å². The van der Waals surface area contributed by atoms with Crippen LogP contribution >= 0.6 is 0 Å². The topological polar surface area (TPSA) is 15.3 Å². The highest BCUT2D eigenvalue weighted by molar-refractivity contribution is 5.81. The molecule has 0 saturated heterocycles. The van der Waals surface area contributed by atoms with Crippen molar-refractivity contribution in [1.29, 1.82) is 0 Å². The Labute approximate surface area is 123 Å². The maximum Gasteiger partial charge on any atom is 0.0531 e. The largest absolute Gasteiger partial charge is 0.365 e. The summed E-state index contributed by atoms with van der Waals surface area (Å²) < 4.78 is 0. The van der Waals surface area contributed by atoms with E-state index < -0.39 is 0 Å². The lowest BCUT2D eigenvalue weighted by atomic mass is 9.87. The summed E-state index contributed by atoms with van der Waals surface area (Å²) in [6.45, 7) is 14.3. The third-order valence-corrected chi connectivity index (χ3v) is 4.38. The highest BCUT2D eigenvalue weighted by atomic mass is 15.2. The summed E-state index contributed by atoms with van der Waals surface area (Å²) in [6.07, 6.45) is 2.37. The van der Waals surface area contributed by atoms with Gasteiger partial charge in [-0.05, 0) is 56.5 Å². The van der Waals surface area contributed by atoms with Crippen molar-refractivity contribution < 1.29 is 0 Å². The maximum absolute atomic E-state index is 3.52. The van der Waals surface area contributed by atoms with Crippen molar-refractivity contribution in [2.24, 2.45) is 0 Å². The van der Waals surface area contributed by atoms with Crippen LogP contribution in [0.15, 0.2) is 18.2 Å². The Kier molecular flexibility index (Phi) is 3.97. The number of hydrogen-bond donors (Lipinski definition) is 1. The Morgan fingerprint density at radius 2 is 1.85 bits per heavy atom. The van der Waals surface area contributed by atoms with Crippen LogP contribution in [0.1, 0.15) is 51.3 Å². The van der Waals surface area contributed by atoms with Crippen LogP contribution < -0.4 is 10.2 Å². The van der Waals surface area contributed by atoms with E-state index in [4.69, 9.17) is 0 Å². The quantitative estimate of drug-likeness (QED) is 0.890. The molecule has 0 amide bonds. The average molecular weight is 272 g/mol. The van der Waals surface area contributed by atoms with Crippen LogP contribution in [0.5, 0.6) is 0 Å². The van der Waals surface area contributed by atoms with Gasteiger partial charge in [0, 0.05) is 30.9 Å². The first-order chi connectivity index (χ1) is 9.22. The monoisotopic (exact) mass is 272 g/mol. The molecule has 2 rings (SSSR count). The molecule has 2 nitrogen and oxygen atoms in total. The number of aryl methyl sites for hydroxylation is 1. The summed E-state index contributed by atoms with van der Waals surface area (Å²) in [5.74, 6) is 0. The van der Waals surface area contributed by atoms with E-state index in [9.17, 15) is 0 Å². The van der Waals surface area contributed by atoms with Crippen LogP contribution in [0.3, 0.4) is 0 Å².